The summed E-state index contributed by atoms with van der Waals surface area (Å²) >= 11 is 12.2. The molecule has 0 amide bonds. The fraction of sp³-hybridized carbons (Fsp3) is 0.314. The highest BCUT2D eigenvalue weighted by Gasteiger charge is 2.14. The summed E-state index contributed by atoms with van der Waals surface area (Å²) in [5, 5.41) is 28.8. The fourth-order valence-electron chi connectivity index (χ4n) is 4.85. The van der Waals surface area contributed by atoms with E-state index < -0.39 is 12.2 Å². The third-order valence-electron chi connectivity index (χ3n) is 7.43. The number of hydrogen-bond acceptors (Lipinski definition) is 6. The monoisotopic (exact) mass is 621 g/mol. The summed E-state index contributed by atoms with van der Waals surface area (Å²) < 4.78 is 5.85. The molecule has 8 heteroatoms. The Morgan fingerprint density at radius 3 is 1.67 bits per heavy atom. The number of aliphatic hydroxyl groups excluding tert-OH is 2. The minimum Gasteiger partial charge on any atom is -0.489 e. The molecule has 0 aliphatic carbocycles. The van der Waals surface area contributed by atoms with Gasteiger partial charge < -0.3 is 31.3 Å². The average Bonchev–Trinajstić information content (AvgIpc) is 3.01. The molecule has 0 spiro atoms. The lowest BCUT2D eigenvalue weighted by atomic mass is 10.0. The Balaban J connectivity index is 1.16. The highest BCUT2D eigenvalue weighted by molar-refractivity contribution is 6.38. The van der Waals surface area contributed by atoms with E-state index in [1.807, 2.05) is 54.6 Å². The standard InChI is InChI=1S/C35H41Cl2N3O3/c1-23(39-20-33(41)28-12-14-30(15-13-28)43-22-27-6-4-3-5-7-27)16-25-8-10-26(11-9-25)17-24(2)40-21-34(42)29-18-31(36)35(38)32(37)19-29/h3-15,18-19,23-24,33-34,39-42H,16-17,20-22,38H2,1-2H3/t23-,24-,33+,34?/m1/s1. The van der Waals surface area contributed by atoms with Crippen molar-refractivity contribution in [1.29, 1.82) is 0 Å². The molecular formula is C35H41Cl2N3O3. The molecule has 0 aromatic heterocycles. The van der Waals surface area contributed by atoms with E-state index in [9.17, 15) is 10.2 Å². The van der Waals surface area contributed by atoms with Crippen LogP contribution in [0.3, 0.4) is 0 Å². The van der Waals surface area contributed by atoms with Gasteiger partial charge in [-0.15, -0.1) is 0 Å². The Morgan fingerprint density at radius 1 is 0.674 bits per heavy atom. The quantitative estimate of drug-likeness (QED) is 0.0952. The second kappa shape index (κ2) is 16.1. The number of hydrogen-bond donors (Lipinski definition) is 5. The second-order valence-corrected chi connectivity index (χ2v) is 11.9. The van der Waals surface area contributed by atoms with Gasteiger partial charge in [-0.3, -0.25) is 0 Å². The Bertz CT molecular complexity index is 1400. The van der Waals surface area contributed by atoms with Crippen LogP contribution in [0.1, 0.15) is 53.9 Å². The van der Waals surface area contributed by atoms with Gasteiger partial charge in [0, 0.05) is 25.2 Å². The molecule has 228 valence electrons. The molecule has 4 aromatic rings. The first-order valence-electron chi connectivity index (χ1n) is 14.6. The van der Waals surface area contributed by atoms with Crippen molar-refractivity contribution in [3.05, 3.63) is 129 Å². The number of ether oxygens (including phenoxy) is 1. The molecule has 0 saturated carbocycles. The van der Waals surface area contributed by atoms with Gasteiger partial charge in [-0.2, -0.15) is 0 Å². The van der Waals surface area contributed by atoms with E-state index in [0.717, 1.165) is 29.7 Å². The van der Waals surface area contributed by atoms with Gasteiger partial charge in [0.15, 0.2) is 0 Å². The zero-order valence-corrected chi connectivity index (χ0v) is 26.2. The molecule has 6 N–H and O–H groups in total. The lowest BCUT2D eigenvalue weighted by Gasteiger charge is -2.19. The molecule has 0 fully saturated rings. The number of aliphatic hydroxyl groups is 2. The topological polar surface area (TPSA) is 99.8 Å². The lowest BCUT2D eigenvalue weighted by molar-refractivity contribution is 0.170. The van der Waals surface area contributed by atoms with E-state index in [4.69, 9.17) is 33.7 Å². The summed E-state index contributed by atoms with van der Waals surface area (Å²) in [5.74, 6) is 0.779. The Labute approximate surface area is 264 Å². The molecule has 0 heterocycles. The smallest absolute Gasteiger partial charge is 0.119 e. The first-order valence-corrected chi connectivity index (χ1v) is 15.4. The zero-order chi connectivity index (χ0) is 30.8. The van der Waals surface area contributed by atoms with Gasteiger partial charge in [0.25, 0.3) is 0 Å². The Kier molecular flexibility index (Phi) is 12.3. The predicted molar refractivity (Wildman–Crippen MR) is 177 cm³/mol. The number of anilines is 1. The van der Waals surface area contributed by atoms with E-state index in [1.165, 1.54) is 11.1 Å². The average molecular weight is 623 g/mol. The molecule has 0 bridgehead atoms. The van der Waals surface area contributed by atoms with Crippen LogP contribution in [0.5, 0.6) is 5.75 Å². The highest BCUT2D eigenvalue weighted by atomic mass is 35.5. The summed E-state index contributed by atoms with van der Waals surface area (Å²) in [6, 6.07) is 29.9. The van der Waals surface area contributed by atoms with E-state index in [0.29, 0.717) is 41.0 Å². The summed E-state index contributed by atoms with van der Waals surface area (Å²) in [4.78, 5) is 0. The minimum absolute atomic E-state index is 0.159. The van der Waals surface area contributed by atoms with Gasteiger partial charge >= 0.3 is 0 Å². The highest BCUT2D eigenvalue weighted by Crippen LogP contribution is 2.31. The number of halogens is 2. The maximum absolute atomic E-state index is 10.7. The van der Waals surface area contributed by atoms with Crippen LogP contribution in [-0.2, 0) is 19.4 Å². The molecule has 0 radical (unpaired) electrons. The Morgan fingerprint density at radius 2 is 1.16 bits per heavy atom. The van der Waals surface area contributed by atoms with Crippen molar-refractivity contribution >= 4 is 28.9 Å². The van der Waals surface area contributed by atoms with Crippen LogP contribution in [0, 0.1) is 0 Å². The van der Waals surface area contributed by atoms with Gasteiger partial charge in [-0.25, -0.2) is 0 Å². The van der Waals surface area contributed by atoms with Gasteiger partial charge in [0.1, 0.15) is 12.4 Å². The van der Waals surface area contributed by atoms with Crippen molar-refractivity contribution < 1.29 is 14.9 Å². The predicted octanol–water partition coefficient (Wildman–Crippen LogP) is 6.66. The third-order valence-corrected chi connectivity index (χ3v) is 8.05. The van der Waals surface area contributed by atoms with Crippen LogP contribution in [0.4, 0.5) is 5.69 Å². The SMILES string of the molecule is C[C@H](Cc1ccc(C[C@@H](C)NC[C@H](O)c2ccc(OCc3ccccc3)cc2)cc1)NCC(O)c1cc(Cl)c(N)c(Cl)c1. The zero-order valence-electron chi connectivity index (χ0n) is 24.6. The minimum atomic E-state index is -0.744. The summed E-state index contributed by atoms with van der Waals surface area (Å²) in [5.41, 5.74) is 11.2. The second-order valence-electron chi connectivity index (χ2n) is 11.1. The van der Waals surface area contributed by atoms with Crippen molar-refractivity contribution in [2.45, 2.75) is 57.6 Å². The van der Waals surface area contributed by atoms with Gasteiger partial charge in [0.05, 0.1) is 27.9 Å². The first-order chi connectivity index (χ1) is 20.7. The number of nitrogen functional groups attached to an aromatic ring is 1. The third kappa shape index (κ3) is 10.2. The van der Waals surface area contributed by atoms with E-state index in [1.54, 1.807) is 12.1 Å². The van der Waals surface area contributed by atoms with Crippen LogP contribution in [0.25, 0.3) is 0 Å². The van der Waals surface area contributed by atoms with Crippen molar-refractivity contribution in [2.75, 3.05) is 18.8 Å². The largest absolute Gasteiger partial charge is 0.489 e. The fourth-order valence-corrected chi connectivity index (χ4v) is 5.35. The first kappa shape index (κ1) is 32.8. The van der Waals surface area contributed by atoms with Gasteiger partial charge in [-0.1, -0.05) is 89.9 Å². The number of benzene rings is 4. The number of nitrogens with two attached hydrogens (primary N) is 1. The van der Waals surface area contributed by atoms with Crippen molar-refractivity contribution in [1.82, 2.24) is 10.6 Å². The number of nitrogens with one attached hydrogen (secondary N) is 2. The molecule has 0 aliphatic rings. The van der Waals surface area contributed by atoms with Crippen molar-refractivity contribution in [3.8, 4) is 5.75 Å². The summed E-state index contributed by atoms with van der Waals surface area (Å²) in [6.07, 6.45) is 0.332. The molecule has 1 unspecified atom stereocenters. The van der Waals surface area contributed by atoms with Crippen LogP contribution in [0.2, 0.25) is 10.0 Å². The van der Waals surface area contributed by atoms with Crippen molar-refractivity contribution in [2.24, 2.45) is 0 Å². The van der Waals surface area contributed by atoms with Gasteiger partial charge in [0.2, 0.25) is 0 Å². The van der Waals surface area contributed by atoms with Crippen molar-refractivity contribution in [3.63, 3.8) is 0 Å². The summed E-state index contributed by atoms with van der Waals surface area (Å²) in [6.45, 7) is 5.57. The maximum atomic E-state index is 10.7. The maximum Gasteiger partial charge on any atom is 0.119 e. The molecule has 4 aromatic carbocycles. The molecule has 43 heavy (non-hydrogen) atoms. The molecular weight excluding hydrogens is 581 g/mol. The molecule has 4 rings (SSSR count). The van der Waals surface area contributed by atoms with E-state index in [-0.39, 0.29) is 12.1 Å². The number of rotatable bonds is 15. The molecule has 6 nitrogen and oxygen atoms in total. The van der Waals surface area contributed by atoms with Crippen LogP contribution in [0.15, 0.2) is 91.0 Å². The molecule has 0 aliphatic heterocycles. The van der Waals surface area contributed by atoms with Crippen LogP contribution < -0.4 is 21.1 Å². The molecule has 4 atom stereocenters. The van der Waals surface area contributed by atoms with Crippen LogP contribution in [-0.4, -0.2) is 35.4 Å². The molecule has 0 saturated heterocycles. The van der Waals surface area contributed by atoms with E-state index in [2.05, 4.69) is 48.7 Å². The van der Waals surface area contributed by atoms with E-state index >= 15 is 0 Å². The summed E-state index contributed by atoms with van der Waals surface area (Å²) in [7, 11) is 0. The Hall–Kier alpha value is -3.10. The normalized spacial score (nSPS) is 14.2. The van der Waals surface area contributed by atoms with Crippen LogP contribution >= 0.6 is 23.2 Å². The lowest BCUT2D eigenvalue weighted by Crippen LogP contribution is -2.32. The van der Waals surface area contributed by atoms with Gasteiger partial charge in [-0.05, 0) is 78.8 Å².